The predicted molar refractivity (Wildman–Crippen MR) is 89.9 cm³/mol. The van der Waals surface area contributed by atoms with Crippen molar-refractivity contribution in [2.75, 3.05) is 6.54 Å². The highest BCUT2D eigenvalue weighted by atomic mass is 32.1. The van der Waals surface area contributed by atoms with Crippen LogP contribution in [0.25, 0.3) is 0 Å². The second-order valence-corrected chi connectivity index (χ2v) is 6.95. The molecule has 1 aliphatic rings. The van der Waals surface area contributed by atoms with Gasteiger partial charge in [-0.2, -0.15) is 0 Å². The van der Waals surface area contributed by atoms with Crippen molar-refractivity contribution in [1.82, 2.24) is 10.3 Å². The second-order valence-electron chi connectivity index (χ2n) is 5.87. The summed E-state index contributed by atoms with van der Waals surface area (Å²) in [7, 11) is 0. The number of nitrogens with zero attached hydrogens (tertiary/aromatic N) is 1. The summed E-state index contributed by atoms with van der Waals surface area (Å²) in [6.45, 7) is 6.38. The van der Waals surface area contributed by atoms with E-state index in [4.69, 9.17) is 4.98 Å². The van der Waals surface area contributed by atoms with Crippen LogP contribution in [-0.4, -0.2) is 11.5 Å². The fourth-order valence-electron chi connectivity index (χ4n) is 2.91. The lowest BCUT2D eigenvalue weighted by atomic mass is 9.97. The molecule has 1 aliphatic carbocycles. The van der Waals surface area contributed by atoms with Gasteiger partial charge in [0.25, 0.3) is 0 Å². The van der Waals surface area contributed by atoms with Crippen molar-refractivity contribution >= 4 is 11.3 Å². The number of aromatic nitrogens is 1. The number of nitrogens with one attached hydrogen (secondary N) is 1. The molecule has 0 saturated heterocycles. The van der Waals surface area contributed by atoms with Gasteiger partial charge in [-0.15, -0.1) is 11.3 Å². The molecule has 2 aromatic rings. The summed E-state index contributed by atoms with van der Waals surface area (Å²) in [4.78, 5) is 6.48. The molecule has 3 rings (SSSR count). The summed E-state index contributed by atoms with van der Waals surface area (Å²) in [5.41, 5.74) is 2.98. The van der Waals surface area contributed by atoms with E-state index in [0.29, 0.717) is 0 Å². The van der Waals surface area contributed by atoms with Gasteiger partial charge in [0.1, 0.15) is 5.01 Å². The zero-order chi connectivity index (χ0) is 14.7. The molecule has 1 N–H and O–H groups in total. The molecule has 1 fully saturated rings. The number of aryl methyl sites for hydroxylation is 1. The van der Waals surface area contributed by atoms with Gasteiger partial charge in [0.15, 0.2) is 0 Å². The minimum Gasteiger partial charge on any atom is -0.312 e. The number of thiazole rings is 1. The van der Waals surface area contributed by atoms with Crippen LogP contribution in [0, 0.1) is 0 Å². The summed E-state index contributed by atoms with van der Waals surface area (Å²) in [6, 6.07) is 10.9. The highest BCUT2D eigenvalue weighted by Crippen LogP contribution is 2.54. The van der Waals surface area contributed by atoms with Crippen LogP contribution >= 0.6 is 11.3 Å². The van der Waals surface area contributed by atoms with Gasteiger partial charge in [-0.25, -0.2) is 4.98 Å². The average molecular weight is 300 g/mol. The van der Waals surface area contributed by atoms with Crippen LogP contribution < -0.4 is 5.32 Å². The van der Waals surface area contributed by atoms with Gasteiger partial charge >= 0.3 is 0 Å². The molecule has 1 aromatic heterocycles. The Labute approximate surface area is 131 Å². The van der Waals surface area contributed by atoms with Crippen LogP contribution in [0.1, 0.15) is 54.3 Å². The van der Waals surface area contributed by atoms with Crippen molar-refractivity contribution in [3.05, 3.63) is 51.5 Å². The van der Waals surface area contributed by atoms with E-state index in [1.165, 1.54) is 40.4 Å². The molecule has 0 unspecified atom stereocenters. The fraction of sp³-hybridized carbons (Fsp3) is 0.500. The molecular weight excluding hydrogens is 276 g/mol. The van der Waals surface area contributed by atoms with Gasteiger partial charge in [-0.05, 0) is 31.4 Å². The lowest BCUT2D eigenvalue weighted by Crippen LogP contribution is -2.11. The third kappa shape index (κ3) is 2.90. The molecule has 21 heavy (non-hydrogen) atoms. The van der Waals surface area contributed by atoms with E-state index in [9.17, 15) is 0 Å². The standard InChI is InChI=1S/C18H24N2S/c1-3-8-15-16(13-19-4-2)21-17(20-15)18(11-12-18)14-9-6-5-7-10-14/h5-7,9-10,19H,3-4,8,11-13H2,1-2H3. The van der Waals surface area contributed by atoms with Gasteiger partial charge < -0.3 is 5.32 Å². The van der Waals surface area contributed by atoms with E-state index < -0.39 is 0 Å². The highest BCUT2D eigenvalue weighted by molar-refractivity contribution is 7.12. The monoisotopic (exact) mass is 300 g/mol. The van der Waals surface area contributed by atoms with Crippen LogP contribution in [0.4, 0.5) is 0 Å². The first-order chi connectivity index (χ1) is 10.3. The van der Waals surface area contributed by atoms with Crippen LogP contribution in [-0.2, 0) is 18.4 Å². The second kappa shape index (κ2) is 6.29. The maximum atomic E-state index is 5.04. The Morgan fingerprint density at radius 3 is 2.57 bits per heavy atom. The van der Waals surface area contributed by atoms with Crippen molar-refractivity contribution < 1.29 is 0 Å². The summed E-state index contributed by atoms with van der Waals surface area (Å²) in [5.74, 6) is 0. The van der Waals surface area contributed by atoms with Gasteiger partial charge in [0.05, 0.1) is 5.69 Å². The van der Waals surface area contributed by atoms with Crippen molar-refractivity contribution in [2.45, 2.75) is 51.5 Å². The van der Waals surface area contributed by atoms with E-state index in [-0.39, 0.29) is 5.41 Å². The molecule has 0 amide bonds. The SMILES string of the molecule is CCCc1nc(C2(c3ccccc3)CC2)sc1CNCC. The smallest absolute Gasteiger partial charge is 0.104 e. The van der Waals surface area contributed by atoms with Gasteiger partial charge in [-0.3, -0.25) is 0 Å². The highest BCUT2D eigenvalue weighted by Gasteiger charge is 2.48. The number of rotatable bonds is 7. The van der Waals surface area contributed by atoms with E-state index >= 15 is 0 Å². The fourth-order valence-corrected chi connectivity index (χ4v) is 4.25. The molecule has 1 aromatic carbocycles. The maximum Gasteiger partial charge on any atom is 0.104 e. The topological polar surface area (TPSA) is 24.9 Å². The molecule has 0 spiro atoms. The van der Waals surface area contributed by atoms with E-state index in [1.54, 1.807) is 0 Å². The lowest BCUT2D eigenvalue weighted by molar-refractivity contribution is 0.721. The van der Waals surface area contributed by atoms with Crippen molar-refractivity contribution in [2.24, 2.45) is 0 Å². The Bertz CT molecular complexity index is 585. The Morgan fingerprint density at radius 2 is 1.95 bits per heavy atom. The normalized spacial score (nSPS) is 16.1. The van der Waals surface area contributed by atoms with Crippen molar-refractivity contribution in [1.29, 1.82) is 0 Å². The molecule has 3 heteroatoms. The van der Waals surface area contributed by atoms with Crippen LogP contribution in [0.3, 0.4) is 0 Å². The zero-order valence-corrected chi connectivity index (χ0v) is 13.8. The van der Waals surface area contributed by atoms with Crippen LogP contribution in [0.2, 0.25) is 0 Å². The largest absolute Gasteiger partial charge is 0.312 e. The number of hydrogen-bond donors (Lipinski definition) is 1. The van der Waals surface area contributed by atoms with Gasteiger partial charge in [0, 0.05) is 16.8 Å². The first-order valence-electron chi connectivity index (χ1n) is 8.05. The third-order valence-corrected chi connectivity index (χ3v) is 5.59. The first kappa shape index (κ1) is 14.7. The molecule has 0 radical (unpaired) electrons. The quantitative estimate of drug-likeness (QED) is 0.825. The van der Waals surface area contributed by atoms with Crippen molar-refractivity contribution in [3.8, 4) is 0 Å². The van der Waals surface area contributed by atoms with Crippen LogP contribution in [0.15, 0.2) is 30.3 Å². The minimum atomic E-state index is 0.221. The molecule has 0 aliphatic heterocycles. The minimum absolute atomic E-state index is 0.221. The Balaban J connectivity index is 1.92. The predicted octanol–water partition coefficient (Wildman–Crippen LogP) is 4.29. The van der Waals surface area contributed by atoms with Crippen LogP contribution in [0.5, 0.6) is 0 Å². The number of hydrogen-bond acceptors (Lipinski definition) is 3. The molecule has 0 atom stereocenters. The zero-order valence-electron chi connectivity index (χ0n) is 13.0. The summed E-state index contributed by atoms with van der Waals surface area (Å²) in [5, 5.41) is 4.80. The lowest BCUT2D eigenvalue weighted by Gasteiger charge is -2.12. The first-order valence-corrected chi connectivity index (χ1v) is 8.87. The summed E-state index contributed by atoms with van der Waals surface area (Å²) in [6.07, 6.45) is 4.76. The Morgan fingerprint density at radius 1 is 1.19 bits per heavy atom. The molecular formula is C18H24N2S. The maximum absolute atomic E-state index is 5.04. The molecule has 2 nitrogen and oxygen atoms in total. The average Bonchev–Trinajstić information content (AvgIpc) is 3.24. The van der Waals surface area contributed by atoms with Crippen molar-refractivity contribution in [3.63, 3.8) is 0 Å². The summed E-state index contributed by atoms with van der Waals surface area (Å²) < 4.78 is 0. The van der Waals surface area contributed by atoms with E-state index in [1.807, 2.05) is 11.3 Å². The number of benzene rings is 1. The van der Waals surface area contributed by atoms with E-state index in [0.717, 1.165) is 19.5 Å². The molecule has 1 heterocycles. The Hall–Kier alpha value is -1.19. The molecule has 0 bridgehead atoms. The molecule has 112 valence electrons. The molecule has 1 saturated carbocycles. The van der Waals surface area contributed by atoms with Gasteiger partial charge in [0.2, 0.25) is 0 Å². The summed E-state index contributed by atoms with van der Waals surface area (Å²) >= 11 is 1.93. The van der Waals surface area contributed by atoms with Gasteiger partial charge in [-0.1, -0.05) is 50.6 Å². The third-order valence-electron chi connectivity index (χ3n) is 4.29. The van der Waals surface area contributed by atoms with E-state index in [2.05, 4.69) is 49.5 Å². The Kier molecular flexibility index (Phi) is 4.41.